The molecule has 1 atom stereocenters. The molecule has 0 aliphatic carbocycles. The molecule has 124 valence electrons. The highest BCUT2D eigenvalue weighted by atomic mass is 16.5. The maximum atomic E-state index is 5.79. The molecule has 2 aromatic carbocycles. The van der Waals surface area contributed by atoms with E-state index in [1.165, 1.54) is 0 Å². The molecule has 0 amide bonds. The smallest absolute Gasteiger partial charge is 0.174 e. The van der Waals surface area contributed by atoms with E-state index in [0.717, 1.165) is 53.1 Å². The molecule has 1 saturated heterocycles. The number of hydrogen-bond acceptors (Lipinski definition) is 5. The Morgan fingerprint density at radius 1 is 1.08 bits per heavy atom. The van der Waals surface area contributed by atoms with Gasteiger partial charge in [0.1, 0.15) is 11.6 Å². The van der Waals surface area contributed by atoms with Crippen LogP contribution in [-0.2, 0) is 4.74 Å². The Labute approximate surface area is 144 Å². The summed E-state index contributed by atoms with van der Waals surface area (Å²) in [6, 6.07) is 16.0. The molecule has 6 heteroatoms. The normalized spacial score (nSPS) is 17.4. The maximum Gasteiger partial charge on any atom is 0.174 e. The molecule has 0 bridgehead atoms. The molecule has 1 fully saturated rings. The van der Waals surface area contributed by atoms with Gasteiger partial charge >= 0.3 is 0 Å². The Balaban J connectivity index is 1.63. The number of rotatable bonds is 3. The van der Waals surface area contributed by atoms with Crippen LogP contribution >= 0.6 is 0 Å². The number of benzene rings is 2. The molecule has 5 rings (SSSR count). The molecule has 2 aromatic heterocycles. The molecule has 1 unspecified atom stereocenters. The van der Waals surface area contributed by atoms with Crippen LogP contribution in [0.25, 0.3) is 27.9 Å². The van der Waals surface area contributed by atoms with E-state index in [9.17, 15) is 0 Å². The first-order valence-electron chi connectivity index (χ1n) is 8.37. The van der Waals surface area contributed by atoms with Crippen LogP contribution in [0.15, 0.2) is 59.3 Å². The van der Waals surface area contributed by atoms with Gasteiger partial charge in [0, 0.05) is 12.2 Å². The van der Waals surface area contributed by atoms with Gasteiger partial charge in [-0.3, -0.25) is 0 Å². The van der Waals surface area contributed by atoms with Gasteiger partial charge in [0.25, 0.3) is 0 Å². The van der Waals surface area contributed by atoms with Crippen molar-refractivity contribution in [2.24, 2.45) is 0 Å². The van der Waals surface area contributed by atoms with E-state index in [1.807, 2.05) is 53.2 Å². The van der Waals surface area contributed by atoms with E-state index in [0.29, 0.717) is 0 Å². The van der Waals surface area contributed by atoms with Crippen molar-refractivity contribution in [3.05, 3.63) is 60.4 Å². The zero-order valence-corrected chi connectivity index (χ0v) is 13.5. The summed E-state index contributed by atoms with van der Waals surface area (Å²) in [5.41, 5.74) is 3.73. The average Bonchev–Trinajstić information content (AvgIpc) is 3.40. The van der Waals surface area contributed by atoms with E-state index >= 15 is 0 Å². The van der Waals surface area contributed by atoms with Crippen LogP contribution in [0.1, 0.15) is 24.6 Å². The zero-order valence-electron chi connectivity index (χ0n) is 13.5. The largest absolute Gasteiger partial charge is 0.372 e. The molecule has 0 radical (unpaired) electrons. The Morgan fingerprint density at radius 2 is 2.00 bits per heavy atom. The lowest BCUT2D eigenvalue weighted by atomic mass is 10.1. The lowest BCUT2D eigenvalue weighted by Crippen LogP contribution is -2.06. The lowest BCUT2D eigenvalue weighted by Gasteiger charge is -2.11. The second-order valence-electron chi connectivity index (χ2n) is 6.15. The van der Waals surface area contributed by atoms with Crippen molar-refractivity contribution in [3.63, 3.8) is 0 Å². The Kier molecular flexibility index (Phi) is 3.34. The third kappa shape index (κ3) is 2.42. The molecule has 0 saturated carbocycles. The van der Waals surface area contributed by atoms with Crippen molar-refractivity contribution in [3.8, 4) is 17.0 Å². The van der Waals surface area contributed by atoms with Crippen LogP contribution < -0.4 is 0 Å². The zero-order chi connectivity index (χ0) is 16.6. The minimum atomic E-state index is 0.0572. The summed E-state index contributed by atoms with van der Waals surface area (Å²) in [4.78, 5) is 0. The maximum absolute atomic E-state index is 5.79. The van der Waals surface area contributed by atoms with Crippen molar-refractivity contribution in [1.29, 1.82) is 0 Å². The summed E-state index contributed by atoms with van der Waals surface area (Å²) >= 11 is 0. The Morgan fingerprint density at radius 3 is 2.84 bits per heavy atom. The lowest BCUT2D eigenvalue weighted by molar-refractivity contribution is 0.106. The summed E-state index contributed by atoms with van der Waals surface area (Å²) in [5, 5.41) is 13.5. The highest BCUT2D eigenvalue weighted by Gasteiger charge is 2.23. The van der Waals surface area contributed by atoms with Crippen LogP contribution in [0.5, 0.6) is 0 Å². The molecule has 1 aliphatic rings. The number of nitrogens with zero attached hydrogens (tertiary/aromatic N) is 4. The summed E-state index contributed by atoms with van der Waals surface area (Å²) in [7, 11) is 0. The molecule has 3 heterocycles. The summed E-state index contributed by atoms with van der Waals surface area (Å²) in [6.45, 7) is 0.790. The minimum absolute atomic E-state index is 0.0572. The number of hydrogen-bond donors (Lipinski definition) is 0. The fraction of sp³-hybridized carbons (Fsp3) is 0.211. The minimum Gasteiger partial charge on any atom is -0.372 e. The first kappa shape index (κ1) is 14.4. The fourth-order valence-electron chi connectivity index (χ4n) is 3.33. The van der Waals surface area contributed by atoms with Gasteiger partial charge in [-0.15, -0.1) is 5.10 Å². The SMILES string of the molecule is c1ccc(-c2onc3ccc(-n4nncc4C4CCCO4)cc23)cc1. The summed E-state index contributed by atoms with van der Waals surface area (Å²) in [6.07, 6.45) is 3.91. The molecule has 25 heavy (non-hydrogen) atoms. The van der Waals surface area contributed by atoms with Gasteiger partial charge in [0.15, 0.2) is 5.76 Å². The third-order valence-corrected chi connectivity index (χ3v) is 4.58. The number of aromatic nitrogens is 4. The van der Waals surface area contributed by atoms with Crippen molar-refractivity contribution in [1.82, 2.24) is 20.2 Å². The van der Waals surface area contributed by atoms with Gasteiger partial charge in [0.2, 0.25) is 0 Å². The van der Waals surface area contributed by atoms with Gasteiger partial charge in [0.05, 0.1) is 23.0 Å². The van der Waals surface area contributed by atoms with E-state index in [2.05, 4.69) is 15.5 Å². The standard InChI is InChI=1S/C19H16N4O2/c1-2-5-13(6-3-1)19-15-11-14(8-9-16(15)21-25-19)23-17(12-20-22-23)18-7-4-10-24-18/h1-3,5-6,8-9,11-12,18H,4,7,10H2. The van der Waals surface area contributed by atoms with Crippen LogP contribution in [0.4, 0.5) is 0 Å². The monoisotopic (exact) mass is 332 g/mol. The van der Waals surface area contributed by atoms with Crippen LogP contribution in [0.3, 0.4) is 0 Å². The van der Waals surface area contributed by atoms with E-state index < -0.39 is 0 Å². The topological polar surface area (TPSA) is 66.0 Å². The van der Waals surface area contributed by atoms with Crippen LogP contribution in [0.2, 0.25) is 0 Å². The van der Waals surface area contributed by atoms with Gasteiger partial charge < -0.3 is 9.26 Å². The molecule has 6 nitrogen and oxygen atoms in total. The Bertz CT molecular complexity index is 1020. The van der Waals surface area contributed by atoms with Crippen molar-refractivity contribution in [2.75, 3.05) is 6.61 Å². The van der Waals surface area contributed by atoms with Crippen molar-refractivity contribution in [2.45, 2.75) is 18.9 Å². The first-order chi connectivity index (χ1) is 12.4. The Hall–Kier alpha value is -2.99. The first-order valence-corrected chi connectivity index (χ1v) is 8.37. The third-order valence-electron chi connectivity index (χ3n) is 4.58. The van der Waals surface area contributed by atoms with E-state index in [-0.39, 0.29) is 6.10 Å². The molecule has 1 aliphatic heterocycles. The van der Waals surface area contributed by atoms with Gasteiger partial charge in [-0.2, -0.15) is 0 Å². The molecule has 0 spiro atoms. The van der Waals surface area contributed by atoms with Gasteiger partial charge in [-0.05, 0) is 31.0 Å². The van der Waals surface area contributed by atoms with E-state index in [1.54, 1.807) is 6.20 Å². The second-order valence-corrected chi connectivity index (χ2v) is 6.15. The summed E-state index contributed by atoms with van der Waals surface area (Å²) < 4.78 is 13.2. The average molecular weight is 332 g/mol. The van der Waals surface area contributed by atoms with Crippen LogP contribution in [-0.4, -0.2) is 26.8 Å². The predicted octanol–water partition coefficient (Wildman–Crippen LogP) is 3.93. The highest BCUT2D eigenvalue weighted by molar-refractivity contribution is 5.92. The van der Waals surface area contributed by atoms with Gasteiger partial charge in [-0.25, -0.2) is 4.68 Å². The highest BCUT2D eigenvalue weighted by Crippen LogP contribution is 2.32. The molecular weight excluding hydrogens is 316 g/mol. The quantitative estimate of drug-likeness (QED) is 0.569. The van der Waals surface area contributed by atoms with E-state index in [4.69, 9.17) is 9.26 Å². The van der Waals surface area contributed by atoms with Crippen molar-refractivity contribution >= 4 is 10.9 Å². The van der Waals surface area contributed by atoms with Crippen molar-refractivity contribution < 1.29 is 9.26 Å². The fourth-order valence-corrected chi connectivity index (χ4v) is 3.33. The van der Waals surface area contributed by atoms with Gasteiger partial charge in [-0.1, -0.05) is 40.7 Å². The summed E-state index contributed by atoms with van der Waals surface area (Å²) in [5.74, 6) is 0.760. The number of ether oxygens (including phenoxy) is 1. The predicted molar refractivity (Wildman–Crippen MR) is 92.3 cm³/mol. The molecule has 4 aromatic rings. The number of fused-ring (bicyclic) bond motifs is 1. The molecule has 0 N–H and O–H groups in total. The second kappa shape index (κ2) is 5.82. The van der Waals surface area contributed by atoms with Crippen LogP contribution in [0, 0.1) is 0 Å². The molecular formula is C19H16N4O2.